The van der Waals surface area contributed by atoms with Crippen LogP contribution in [0.4, 0.5) is 5.69 Å². The number of anilines is 1. The molecule has 1 aliphatic rings. The number of thioether (sulfide) groups is 1. The van der Waals surface area contributed by atoms with E-state index in [9.17, 15) is 14.4 Å². The van der Waals surface area contributed by atoms with Crippen molar-refractivity contribution < 1.29 is 19.3 Å². The summed E-state index contributed by atoms with van der Waals surface area (Å²) in [5.41, 5.74) is 6.14. The first kappa shape index (κ1) is 20.3. The fourth-order valence-corrected chi connectivity index (χ4v) is 3.64. The lowest BCUT2D eigenvalue weighted by molar-refractivity contribution is -0.862. The van der Waals surface area contributed by atoms with Crippen molar-refractivity contribution in [1.82, 2.24) is 4.90 Å². The van der Waals surface area contributed by atoms with Gasteiger partial charge in [0.1, 0.15) is 0 Å². The molecule has 26 heavy (non-hydrogen) atoms. The number of nitrogens with zero attached hydrogens (tertiary/aromatic N) is 1. The van der Waals surface area contributed by atoms with Crippen LogP contribution in [0.2, 0.25) is 0 Å². The molecule has 4 N–H and O–H groups in total. The lowest BCUT2D eigenvalue weighted by Gasteiger charge is -2.31. The second-order valence-electron chi connectivity index (χ2n) is 6.64. The van der Waals surface area contributed by atoms with Crippen molar-refractivity contribution in [1.29, 1.82) is 0 Å². The first-order valence-corrected chi connectivity index (χ1v) is 9.94. The van der Waals surface area contributed by atoms with E-state index in [4.69, 9.17) is 5.73 Å². The molecule has 1 saturated heterocycles. The Labute approximate surface area is 158 Å². The monoisotopic (exact) mass is 379 g/mol. The number of amides is 3. The number of hydrogen-bond donors (Lipinski definition) is 3. The highest BCUT2D eigenvalue weighted by molar-refractivity contribution is 7.98. The number of quaternary nitrogens is 1. The van der Waals surface area contributed by atoms with Crippen molar-refractivity contribution >= 4 is 35.2 Å². The van der Waals surface area contributed by atoms with Gasteiger partial charge in [-0.15, -0.1) is 11.8 Å². The summed E-state index contributed by atoms with van der Waals surface area (Å²) in [5, 5.41) is 2.90. The Bertz CT molecular complexity index is 668. The van der Waals surface area contributed by atoms with Crippen LogP contribution in [0, 0.1) is 5.92 Å². The predicted octanol–water partition coefficient (Wildman–Crippen LogP) is -0.414. The summed E-state index contributed by atoms with van der Waals surface area (Å²) in [6, 6.07) is 7.62. The smallest absolute Gasteiger partial charge is 0.279 e. The van der Waals surface area contributed by atoms with E-state index >= 15 is 0 Å². The van der Waals surface area contributed by atoms with Crippen molar-refractivity contribution in [2.75, 3.05) is 44.8 Å². The van der Waals surface area contributed by atoms with Crippen molar-refractivity contribution in [3.05, 3.63) is 24.3 Å². The number of primary amides is 1. The Kier molecular flexibility index (Phi) is 7.47. The normalized spacial score (nSPS) is 18.2. The van der Waals surface area contributed by atoms with Gasteiger partial charge in [0.15, 0.2) is 13.1 Å². The minimum absolute atomic E-state index is 0.0502. The topological polar surface area (TPSA) is 96.9 Å². The summed E-state index contributed by atoms with van der Waals surface area (Å²) in [5.74, 6) is -0.800. The van der Waals surface area contributed by atoms with Gasteiger partial charge in [-0.25, -0.2) is 0 Å². The summed E-state index contributed by atoms with van der Waals surface area (Å²) >= 11 is 1.57. The number of benzene rings is 1. The highest BCUT2D eigenvalue weighted by atomic mass is 32.2. The van der Waals surface area contributed by atoms with E-state index in [0.29, 0.717) is 13.1 Å². The van der Waals surface area contributed by atoms with Crippen LogP contribution in [0.3, 0.4) is 0 Å². The zero-order valence-corrected chi connectivity index (χ0v) is 16.1. The number of para-hydroxylation sites is 1. The molecule has 2 rings (SSSR count). The maximum absolute atomic E-state index is 12.4. The van der Waals surface area contributed by atoms with Gasteiger partial charge in [0.2, 0.25) is 5.91 Å². The standard InChI is InChI=1S/C18H26N4O3S/c1-21(11-16(23)20-14-7-3-4-8-15(14)26-2)12-17(24)22-9-5-6-13(10-22)18(19)25/h3-4,7-8,13H,5-6,9-12H2,1-2H3,(H2,19,25)(H,20,23)/p+1/t13-/m0/s1. The third-order valence-corrected chi connectivity index (χ3v) is 5.27. The van der Waals surface area contributed by atoms with E-state index in [2.05, 4.69) is 5.32 Å². The molecular formula is C18H27N4O3S+. The zero-order chi connectivity index (χ0) is 19.1. The van der Waals surface area contributed by atoms with Crippen molar-refractivity contribution in [3.8, 4) is 0 Å². The molecule has 0 aromatic heterocycles. The lowest BCUT2D eigenvalue weighted by Crippen LogP contribution is -3.11. The van der Waals surface area contributed by atoms with Crippen LogP contribution in [-0.4, -0.2) is 62.1 Å². The molecule has 0 bridgehead atoms. The molecule has 1 fully saturated rings. The fraction of sp³-hybridized carbons (Fsp3) is 0.500. The Morgan fingerprint density at radius 3 is 2.73 bits per heavy atom. The minimum atomic E-state index is -0.352. The minimum Gasteiger partial charge on any atom is -0.369 e. The maximum Gasteiger partial charge on any atom is 0.279 e. The van der Waals surface area contributed by atoms with Crippen LogP contribution in [-0.2, 0) is 14.4 Å². The summed E-state index contributed by atoms with van der Waals surface area (Å²) in [6.45, 7) is 1.43. The number of carbonyl (C=O) groups excluding carboxylic acids is 3. The molecule has 1 aliphatic heterocycles. The van der Waals surface area contributed by atoms with Crippen LogP contribution in [0.15, 0.2) is 29.2 Å². The largest absolute Gasteiger partial charge is 0.369 e. The van der Waals surface area contributed by atoms with Crippen LogP contribution in [0.1, 0.15) is 12.8 Å². The third kappa shape index (κ3) is 5.74. The average Bonchev–Trinajstić information content (AvgIpc) is 2.61. The number of nitrogens with one attached hydrogen (secondary N) is 2. The molecule has 7 nitrogen and oxygen atoms in total. The molecule has 0 spiro atoms. The van der Waals surface area contributed by atoms with Crippen LogP contribution < -0.4 is 16.0 Å². The predicted molar refractivity (Wildman–Crippen MR) is 102 cm³/mol. The Morgan fingerprint density at radius 2 is 2.04 bits per heavy atom. The lowest BCUT2D eigenvalue weighted by atomic mass is 9.97. The zero-order valence-electron chi connectivity index (χ0n) is 15.3. The second-order valence-corrected chi connectivity index (χ2v) is 7.49. The number of likely N-dealkylation sites (N-methyl/N-ethyl adjacent to an activating group) is 1. The molecule has 1 unspecified atom stereocenters. The number of carbonyl (C=O) groups is 3. The summed E-state index contributed by atoms with van der Waals surface area (Å²) < 4.78 is 0. The summed E-state index contributed by atoms with van der Waals surface area (Å²) in [4.78, 5) is 39.5. The van der Waals surface area contributed by atoms with E-state index in [1.165, 1.54) is 0 Å². The molecule has 0 radical (unpaired) electrons. The van der Waals surface area contributed by atoms with Crippen molar-refractivity contribution in [2.45, 2.75) is 17.7 Å². The van der Waals surface area contributed by atoms with Crippen LogP contribution in [0.5, 0.6) is 0 Å². The van der Waals surface area contributed by atoms with Gasteiger partial charge in [0, 0.05) is 18.0 Å². The molecular weight excluding hydrogens is 352 g/mol. The molecule has 1 aromatic carbocycles. The average molecular weight is 380 g/mol. The van der Waals surface area contributed by atoms with E-state index in [1.807, 2.05) is 37.6 Å². The number of piperidine rings is 1. The third-order valence-electron chi connectivity index (χ3n) is 4.47. The number of likely N-dealkylation sites (tertiary alicyclic amines) is 1. The molecule has 8 heteroatoms. The number of nitrogens with two attached hydrogens (primary N) is 1. The number of rotatable bonds is 7. The first-order valence-electron chi connectivity index (χ1n) is 8.72. The molecule has 1 aromatic rings. The Balaban J connectivity index is 1.83. The van der Waals surface area contributed by atoms with E-state index < -0.39 is 0 Å². The SMILES string of the molecule is CSc1ccccc1NC(=O)C[NH+](C)CC(=O)N1CCC[C@H](C(N)=O)C1. The molecule has 0 saturated carbocycles. The highest BCUT2D eigenvalue weighted by Gasteiger charge is 2.28. The van der Waals surface area contributed by atoms with E-state index in [-0.39, 0.29) is 36.7 Å². The van der Waals surface area contributed by atoms with Crippen LogP contribution >= 0.6 is 11.8 Å². The second kappa shape index (κ2) is 9.59. The van der Waals surface area contributed by atoms with Gasteiger partial charge in [0.05, 0.1) is 18.7 Å². The highest BCUT2D eigenvalue weighted by Crippen LogP contribution is 2.24. The van der Waals surface area contributed by atoms with Gasteiger partial charge in [0.25, 0.3) is 11.8 Å². The van der Waals surface area contributed by atoms with Crippen molar-refractivity contribution in [3.63, 3.8) is 0 Å². The van der Waals surface area contributed by atoms with Gasteiger partial charge in [-0.3, -0.25) is 14.4 Å². The first-order chi connectivity index (χ1) is 12.4. The maximum atomic E-state index is 12.4. The van der Waals surface area contributed by atoms with E-state index in [0.717, 1.165) is 28.3 Å². The molecule has 3 amide bonds. The van der Waals surface area contributed by atoms with Gasteiger partial charge in [-0.2, -0.15) is 0 Å². The van der Waals surface area contributed by atoms with E-state index in [1.54, 1.807) is 16.7 Å². The molecule has 142 valence electrons. The quantitative estimate of drug-likeness (QED) is 0.561. The van der Waals surface area contributed by atoms with Crippen LogP contribution in [0.25, 0.3) is 0 Å². The van der Waals surface area contributed by atoms with Gasteiger partial charge < -0.3 is 20.9 Å². The Hall–Kier alpha value is -2.06. The molecule has 0 aliphatic carbocycles. The van der Waals surface area contributed by atoms with Gasteiger partial charge >= 0.3 is 0 Å². The van der Waals surface area contributed by atoms with Gasteiger partial charge in [-0.1, -0.05) is 12.1 Å². The Morgan fingerprint density at radius 1 is 1.31 bits per heavy atom. The fourth-order valence-electron chi connectivity index (χ4n) is 3.08. The van der Waals surface area contributed by atoms with Gasteiger partial charge in [-0.05, 0) is 31.2 Å². The number of hydrogen-bond acceptors (Lipinski definition) is 4. The van der Waals surface area contributed by atoms with Crippen molar-refractivity contribution in [2.24, 2.45) is 11.7 Å². The summed E-state index contributed by atoms with van der Waals surface area (Å²) in [6.07, 6.45) is 3.47. The summed E-state index contributed by atoms with van der Waals surface area (Å²) in [7, 11) is 1.81. The molecule has 1 heterocycles. The molecule has 2 atom stereocenters.